The van der Waals surface area contributed by atoms with Crippen molar-refractivity contribution >= 4 is 0 Å². The van der Waals surface area contributed by atoms with Gasteiger partial charge in [0.25, 0.3) is 0 Å². The molecule has 5 nitrogen and oxygen atoms in total. The minimum atomic E-state index is 0.351. The van der Waals surface area contributed by atoms with Gasteiger partial charge in [0.15, 0.2) is 0 Å². The van der Waals surface area contributed by atoms with E-state index in [2.05, 4.69) is 55.4 Å². The van der Waals surface area contributed by atoms with Gasteiger partial charge in [0.05, 0.1) is 6.33 Å². The maximum atomic E-state index is 8.75. The Kier molecular flexibility index (Phi) is 54.1. The molecule has 0 spiro atoms. The first-order valence-corrected chi connectivity index (χ1v) is 16.9. The molecule has 1 aromatic rings. The molecule has 2 rings (SSSR count). The van der Waals surface area contributed by atoms with Crippen molar-refractivity contribution in [1.82, 2.24) is 14.5 Å². The number of piperidine rings is 1. The normalized spacial score (nSPS) is 15.2. The summed E-state index contributed by atoms with van der Waals surface area (Å²) in [6, 6.07) is 0. The molecule has 0 radical (unpaired) electrons. The third kappa shape index (κ3) is 37.1. The van der Waals surface area contributed by atoms with Crippen LogP contribution in [0, 0.1) is 17.8 Å². The van der Waals surface area contributed by atoms with Gasteiger partial charge >= 0.3 is 0 Å². The van der Waals surface area contributed by atoms with E-state index < -0.39 is 0 Å². The Morgan fingerprint density at radius 2 is 1.44 bits per heavy atom. The van der Waals surface area contributed by atoms with Crippen molar-refractivity contribution in [3.63, 3.8) is 0 Å². The second-order valence-electron chi connectivity index (χ2n) is 9.41. The highest BCUT2D eigenvalue weighted by molar-refractivity contribution is 4.78. The van der Waals surface area contributed by atoms with Crippen molar-refractivity contribution < 1.29 is 10.2 Å². The summed E-state index contributed by atoms with van der Waals surface area (Å²) >= 11 is 0. The van der Waals surface area contributed by atoms with E-state index in [1.54, 1.807) is 0 Å². The summed E-state index contributed by atoms with van der Waals surface area (Å²) in [5, 5.41) is 17.4. The van der Waals surface area contributed by atoms with Crippen LogP contribution in [0.3, 0.4) is 0 Å². The quantitative estimate of drug-likeness (QED) is 0.250. The Bertz CT molecular complexity index is 465. The molecule has 2 unspecified atom stereocenters. The van der Waals surface area contributed by atoms with Crippen LogP contribution in [0.5, 0.6) is 0 Å². The average molecular weight is 560 g/mol. The number of imidazole rings is 1. The summed E-state index contributed by atoms with van der Waals surface area (Å²) in [4.78, 5) is 6.48. The van der Waals surface area contributed by atoms with E-state index in [1.165, 1.54) is 70.9 Å². The molecule has 5 heteroatoms. The van der Waals surface area contributed by atoms with Gasteiger partial charge in [-0.2, -0.15) is 0 Å². The summed E-state index contributed by atoms with van der Waals surface area (Å²) in [7, 11) is 2.21. The molecule has 2 N–H and O–H groups in total. The number of aliphatic hydroxyl groups is 2. The zero-order valence-corrected chi connectivity index (χ0v) is 29.3. The Morgan fingerprint density at radius 1 is 0.846 bits per heavy atom. The Balaban J connectivity index is -0.000000134. The van der Waals surface area contributed by atoms with Gasteiger partial charge in [0.1, 0.15) is 0 Å². The van der Waals surface area contributed by atoms with Gasteiger partial charge in [-0.1, -0.05) is 122 Å². The number of likely N-dealkylation sites (tertiary alicyclic amines) is 1. The van der Waals surface area contributed by atoms with Crippen LogP contribution >= 0.6 is 0 Å². The molecule has 1 saturated heterocycles. The van der Waals surface area contributed by atoms with E-state index >= 15 is 0 Å². The van der Waals surface area contributed by atoms with Crippen LogP contribution in [-0.2, 0) is 6.54 Å². The van der Waals surface area contributed by atoms with Crippen LogP contribution in [0.4, 0.5) is 0 Å². The zero-order valence-electron chi connectivity index (χ0n) is 29.3. The van der Waals surface area contributed by atoms with Crippen LogP contribution in [-0.4, -0.2) is 58.0 Å². The monoisotopic (exact) mass is 560 g/mol. The molecule has 3 atom stereocenters. The van der Waals surface area contributed by atoms with Gasteiger partial charge in [-0.3, -0.25) is 0 Å². The molecule has 1 aliphatic heterocycles. The van der Waals surface area contributed by atoms with Gasteiger partial charge in [0, 0.05) is 38.7 Å². The first-order valence-electron chi connectivity index (χ1n) is 16.9. The maximum absolute atomic E-state index is 8.75. The van der Waals surface area contributed by atoms with Crippen molar-refractivity contribution in [2.75, 3.05) is 33.4 Å². The largest absolute Gasteiger partial charge is 0.396 e. The molecule has 1 fully saturated rings. The van der Waals surface area contributed by atoms with E-state index in [1.807, 2.05) is 67.9 Å². The average Bonchev–Trinajstić information content (AvgIpc) is 3.52. The van der Waals surface area contributed by atoms with Gasteiger partial charge in [0.2, 0.25) is 0 Å². The topological polar surface area (TPSA) is 61.5 Å². The van der Waals surface area contributed by atoms with Crippen molar-refractivity contribution in [2.24, 2.45) is 17.8 Å². The number of nitrogens with zero attached hydrogens (tertiary/aromatic N) is 3. The fourth-order valence-electron chi connectivity index (χ4n) is 3.87. The number of hydrogen-bond donors (Lipinski definition) is 2. The second kappa shape index (κ2) is 44.1. The van der Waals surface area contributed by atoms with Gasteiger partial charge < -0.3 is 19.7 Å². The van der Waals surface area contributed by atoms with Gasteiger partial charge in [-0.25, -0.2) is 4.98 Å². The van der Waals surface area contributed by atoms with Crippen molar-refractivity contribution in [3.8, 4) is 0 Å². The Morgan fingerprint density at radius 3 is 1.85 bits per heavy atom. The van der Waals surface area contributed by atoms with Gasteiger partial charge in [-0.05, 0) is 57.0 Å². The van der Waals surface area contributed by atoms with E-state index in [-0.39, 0.29) is 0 Å². The van der Waals surface area contributed by atoms with E-state index in [0.29, 0.717) is 25.0 Å². The molecule has 1 aromatic heterocycles. The molecule has 0 bridgehead atoms. The number of unbranched alkanes of at least 4 members (excludes halogenated alkanes) is 3. The fourth-order valence-corrected chi connectivity index (χ4v) is 3.87. The molecular weight excluding hydrogens is 482 g/mol. The zero-order chi connectivity index (χ0) is 31.3. The highest BCUT2D eigenvalue weighted by Gasteiger charge is 2.16. The molecule has 2 heterocycles. The molecule has 39 heavy (non-hydrogen) atoms. The Labute approximate surface area is 248 Å². The highest BCUT2D eigenvalue weighted by atomic mass is 16.3. The Hall–Kier alpha value is -0.910. The first-order chi connectivity index (χ1) is 19.0. The molecule has 0 aromatic carbocycles. The van der Waals surface area contributed by atoms with Crippen LogP contribution in [0.25, 0.3) is 0 Å². The lowest BCUT2D eigenvalue weighted by atomic mass is 9.98. The smallest absolute Gasteiger partial charge is 0.0946 e. The number of aliphatic hydroxyl groups excluding tert-OH is 2. The molecule has 0 amide bonds. The fraction of sp³-hybridized carbons (Fsp3) is 0.912. The van der Waals surface area contributed by atoms with E-state index in [4.69, 9.17) is 10.2 Å². The maximum Gasteiger partial charge on any atom is 0.0946 e. The predicted molar refractivity (Wildman–Crippen MR) is 179 cm³/mol. The second-order valence-corrected chi connectivity index (χ2v) is 9.41. The van der Waals surface area contributed by atoms with Crippen molar-refractivity contribution in [3.05, 3.63) is 18.7 Å². The summed E-state index contributed by atoms with van der Waals surface area (Å²) in [5.41, 5.74) is 0. The lowest BCUT2D eigenvalue weighted by molar-refractivity contribution is 0.194. The van der Waals surface area contributed by atoms with Crippen molar-refractivity contribution in [2.45, 2.75) is 154 Å². The number of rotatable bonds is 12. The number of hydrogen-bond acceptors (Lipinski definition) is 4. The van der Waals surface area contributed by atoms with Crippen molar-refractivity contribution in [1.29, 1.82) is 0 Å². The van der Waals surface area contributed by atoms with Crippen LogP contribution in [0.2, 0.25) is 0 Å². The third-order valence-corrected chi connectivity index (χ3v) is 6.16. The molecule has 240 valence electrons. The lowest BCUT2D eigenvalue weighted by Crippen LogP contribution is -2.33. The SMILES string of the molecule is CC.CC.CC.CC.CCCCC(CC)CO.CCCCC[C@@H](C)CO.CN1CCCC(Cn2ccnc2)C1. The van der Waals surface area contributed by atoms with Gasteiger partial charge in [-0.15, -0.1) is 0 Å². The number of aromatic nitrogens is 2. The van der Waals surface area contributed by atoms with E-state index in [9.17, 15) is 0 Å². The third-order valence-electron chi connectivity index (χ3n) is 6.16. The summed E-state index contributed by atoms with van der Waals surface area (Å²) in [5.74, 6) is 1.88. The molecule has 0 saturated carbocycles. The van der Waals surface area contributed by atoms with Crippen LogP contribution in [0.15, 0.2) is 18.7 Å². The molecular formula is C34H77N3O2. The highest BCUT2D eigenvalue weighted by Crippen LogP contribution is 2.16. The first kappa shape index (κ1) is 47.9. The summed E-state index contributed by atoms with van der Waals surface area (Å²) < 4.78 is 2.18. The molecule has 1 aliphatic rings. The summed E-state index contributed by atoms with van der Waals surface area (Å²) in [6.45, 7) is 29.0. The van der Waals surface area contributed by atoms with Crippen LogP contribution < -0.4 is 0 Å². The van der Waals surface area contributed by atoms with Crippen LogP contribution in [0.1, 0.15) is 147 Å². The van der Waals surface area contributed by atoms with E-state index in [0.717, 1.165) is 18.9 Å². The minimum absolute atomic E-state index is 0.351. The lowest BCUT2D eigenvalue weighted by Gasteiger charge is -2.29. The minimum Gasteiger partial charge on any atom is -0.396 e. The molecule has 0 aliphatic carbocycles. The summed E-state index contributed by atoms with van der Waals surface area (Å²) in [6.07, 6.45) is 18.4. The predicted octanol–water partition coefficient (Wildman–Crippen LogP) is 9.72. The standard InChI is InChI=1S/C10H17N3.2C8H18O.4C2H6/c1-12-5-2-3-10(7-12)8-13-6-4-11-9-13;1-3-4-5-6-8(2)7-9;1-3-5-6-8(4-2)7-9;4*1-2/h4,6,9-10H,2-3,5,7-8H2,1H3;2*8-9H,3-7H2,1-2H3;4*1-2H3/t;8-;;;;;/m.1...../s1.